The molecule has 1 saturated heterocycles. The lowest BCUT2D eigenvalue weighted by Gasteiger charge is -2.35. The van der Waals surface area contributed by atoms with E-state index in [1.807, 2.05) is 40.6 Å². The Morgan fingerprint density at radius 3 is 2.28 bits per heavy atom. The van der Waals surface area contributed by atoms with E-state index in [0.717, 1.165) is 59.9 Å². The molecule has 2 aromatic rings. The Kier molecular flexibility index (Phi) is 5.94. The highest BCUT2D eigenvalue weighted by atomic mass is 35.5. The second-order valence-corrected chi connectivity index (χ2v) is 7.93. The highest BCUT2D eigenvalue weighted by molar-refractivity contribution is 7.71. The average Bonchev–Trinajstić information content (AvgIpc) is 2.85. The number of benzene rings is 1. The fourth-order valence-corrected chi connectivity index (χ4v) is 3.56. The van der Waals surface area contributed by atoms with Crippen LogP contribution < -0.4 is 0 Å². The Labute approximate surface area is 159 Å². The molecule has 1 aromatic heterocycles. The van der Waals surface area contributed by atoms with Crippen LogP contribution >= 0.6 is 23.8 Å². The molecule has 0 atom stereocenters. The van der Waals surface area contributed by atoms with Crippen LogP contribution in [0.3, 0.4) is 0 Å². The van der Waals surface area contributed by atoms with E-state index in [4.69, 9.17) is 28.9 Å². The van der Waals surface area contributed by atoms with Gasteiger partial charge < -0.3 is 9.47 Å². The summed E-state index contributed by atoms with van der Waals surface area (Å²) >= 11 is 11.6. The van der Waals surface area contributed by atoms with Gasteiger partial charge >= 0.3 is 0 Å². The van der Waals surface area contributed by atoms with Crippen molar-refractivity contribution in [3.05, 3.63) is 34.1 Å². The number of nitrogens with zero attached hydrogens (tertiary/aromatic N) is 5. The summed E-state index contributed by atoms with van der Waals surface area (Å²) in [6.45, 7) is 10.8. The summed E-state index contributed by atoms with van der Waals surface area (Å²) in [4.78, 5) is 4.96. The standard InChI is InChI=1S/C18H26ClN5S/c1-14(2)12-22-8-10-23(11-9-22)13-24-18(25)21(3)17(20-24)15-4-6-16(19)7-5-15/h4-7,14H,8-13H2,1-3H3. The quantitative estimate of drug-likeness (QED) is 0.743. The molecule has 0 N–H and O–H groups in total. The van der Waals surface area contributed by atoms with E-state index in [1.165, 1.54) is 6.54 Å². The van der Waals surface area contributed by atoms with Gasteiger partial charge in [0.2, 0.25) is 0 Å². The Bertz CT molecular complexity index is 757. The van der Waals surface area contributed by atoms with Gasteiger partial charge in [0.15, 0.2) is 10.6 Å². The second kappa shape index (κ2) is 7.99. The summed E-state index contributed by atoms with van der Waals surface area (Å²) in [5.41, 5.74) is 1.03. The van der Waals surface area contributed by atoms with Gasteiger partial charge in [-0.1, -0.05) is 25.4 Å². The zero-order valence-electron chi connectivity index (χ0n) is 15.2. The summed E-state index contributed by atoms with van der Waals surface area (Å²) in [5, 5.41) is 5.47. The highest BCUT2D eigenvalue weighted by Crippen LogP contribution is 2.20. The average molecular weight is 380 g/mol. The molecule has 1 aliphatic heterocycles. The normalized spacial score (nSPS) is 16.7. The molecule has 0 unspecified atom stereocenters. The van der Waals surface area contributed by atoms with Crippen molar-refractivity contribution in [2.45, 2.75) is 20.5 Å². The molecule has 0 spiro atoms. The summed E-state index contributed by atoms with van der Waals surface area (Å²) in [6.07, 6.45) is 0. The van der Waals surface area contributed by atoms with E-state index in [0.29, 0.717) is 0 Å². The van der Waals surface area contributed by atoms with E-state index in [-0.39, 0.29) is 0 Å². The van der Waals surface area contributed by atoms with Gasteiger partial charge in [0.25, 0.3) is 0 Å². The van der Waals surface area contributed by atoms with E-state index in [1.54, 1.807) is 0 Å². The zero-order valence-corrected chi connectivity index (χ0v) is 16.7. The lowest BCUT2D eigenvalue weighted by molar-refractivity contribution is 0.0950. The maximum atomic E-state index is 5.98. The van der Waals surface area contributed by atoms with Crippen LogP contribution in [0.5, 0.6) is 0 Å². The number of aromatic nitrogens is 3. The first kappa shape index (κ1) is 18.6. The van der Waals surface area contributed by atoms with Crippen LogP contribution in [0.25, 0.3) is 11.4 Å². The van der Waals surface area contributed by atoms with Crippen LogP contribution in [0, 0.1) is 10.7 Å². The molecule has 3 rings (SSSR count). The maximum Gasteiger partial charge on any atom is 0.199 e. The van der Waals surface area contributed by atoms with Crippen molar-refractivity contribution < 1.29 is 0 Å². The number of piperazine rings is 1. The van der Waals surface area contributed by atoms with Crippen LogP contribution in [0.2, 0.25) is 5.02 Å². The molecule has 25 heavy (non-hydrogen) atoms. The molecular formula is C18H26ClN5S. The molecule has 1 aliphatic rings. The first-order valence-corrected chi connectivity index (χ1v) is 9.57. The smallest absolute Gasteiger partial charge is 0.199 e. The molecule has 5 nitrogen and oxygen atoms in total. The molecule has 0 radical (unpaired) electrons. The van der Waals surface area contributed by atoms with Crippen LogP contribution in [-0.4, -0.2) is 56.9 Å². The van der Waals surface area contributed by atoms with E-state index in [9.17, 15) is 0 Å². The lowest BCUT2D eigenvalue weighted by Crippen LogP contribution is -2.47. The highest BCUT2D eigenvalue weighted by Gasteiger charge is 2.19. The molecule has 0 saturated carbocycles. The van der Waals surface area contributed by atoms with Gasteiger partial charge in [0, 0.05) is 50.4 Å². The molecule has 0 amide bonds. The van der Waals surface area contributed by atoms with Gasteiger partial charge in [-0.3, -0.25) is 4.90 Å². The summed E-state index contributed by atoms with van der Waals surface area (Å²) in [6, 6.07) is 7.72. The predicted octanol–water partition coefficient (Wildman–Crippen LogP) is 3.50. The van der Waals surface area contributed by atoms with Crippen molar-refractivity contribution in [2.75, 3.05) is 32.7 Å². The molecule has 0 bridgehead atoms. The van der Waals surface area contributed by atoms with Crippen LogP contribution in [0.4, 0.5) is 0 Å². The minimum absolute atomic E-state index is 0.720. The monoisotopic (exact) mass is 379 g/mol. The SMILES string of the molecule is CC(C)CN1CCN(Cn2nc(-c3ccc(Cl)cc3)n(C)c2=S)CC1. The molecule has 2 heterocycles. The van der Waals surface area contributed by atoms with E-state index >= 15 is 0 Å². The van der Waals surface area contributed by atoms with Gasteiger partial charge in [0.05, 0.1) is 6.67 Å². The topological polar surface area (TPSA) is 29.2 Å². The second-order valence-electron chi connectivity index (χ2n) is 7.13. The van der Waals surface area contributed by atoms with Crippen molar-refractivity contribution >= 4 is 23.8 Å². The summed E-state index contributed by atoms with van der Waals surface area (Å²) < 4.78 is 4.64. The summed E-state index contributed by atoms with van der Waals surface area (Å²) in [5.74, 6) is 1.60. The predicted molar refractivity (Wildman–Crippen MR) is 105 cm³/mol. The van der Waals surface area contributed by atoms with E-state index in [2.05, 4.69) is 23.6 Å². The zero-order chi connectivity index (χ0) is 18.0. The van der Waals surface area contributed by atoms with Crippen molar-refractivity contribution in [1.82, 2.24) is 24.1 Å². The van der Waals surface area contributed by atoms with Crippen molar-refractivity contribution in [2.24, 2.45) is 13.0 Å². The van der Waals surface area contributed by atoms with Gasteiger partial charge in [-0.25, -0.2) is 4.68 Å². The number of hydrogen-bond donors (Lipinski definition) is 0. The summed E-state index contributed by atoms with van der Waals surface area (Å²) in [7, 11) is 1.97. The number of hydrogen-bond acceptors (Lipinski definition) is 4. The first-order valence-electron chi connectivity index (χ1n) is 8.78. The Morgan fingerprint density at radius 2 is 1.68 bits per heavy atom. The molecule has 1 fully saturated rings. The number of rotatable bonds is 5. The minimum atomic E-state index is 0.720. The van der Waals surface area contributed by atoms with E-state index < -0.39 is 0 Å². The molecule has 0 aliphatic carbocycles. The largest absolute Gasteiger partial charge is 0.303 e. The lowest BCUT2D eigenvalue weighted by atomic mass is 10.2. The third-order valence-corrected chi connectivity index (χ3v) is 5.30. The van der Waals surface area contributed by atoms with Gasteiger partial charge in [-0.15, -0.1) is 0 Å². The molecule has 1 aromatic carbocycles. The van der Waals surface area contributed by atoms with Crippen molar-refractivity contribution in [1.29, 1.82) is 0 Å². The maximum absolute atomic E-state index is 5.98. The fourth-order valence-electron chi connectivity index (χ4n) is 3.25. The Morgan fingerprint density at radius 1 is 1.08 bits per heavy atom. The third kappa shape index (κ3) is 4.50. The van der Waals surface area contributed by atoms with Crippen molar-refractivity contribution in [3.63, 3.8) is 0 Å². The minimum Gasteiger partial charge on any atom is -0.303 e. The Hall–Kier alpha value is -1.21. The number of halogens is 1. The molecule has 136 valence electrons. The van der Waals surface area contributed by atoms with Crippen LogP contribution in [0.15, 0.2) is 24.3 Å². The molecular weight excluding hydrogens is 354 g/mol. The van der Waals surface area contributed by atoms with Crippen LogP contribution in [-0.2, 0) is 13.7 Å². The molecule has 7 heteroatoms. The van der Waals surface area contributed by atoms with Gasteiger partial charge in [-0.2, -0.15) is 5.10 Å². The third-order valence-electron chi connectivity index (χ3n) is 4.57. The fraction of sp³-hybridized carbons (Fsp3) is 0.556. The van der Waals surface area contributed by atoms with Crippen LogP contribution in [0.1, 0.15) is 13.8 Å². The van der Waals surface area contributed by atoms with Gasteiger partial charge in [-0.05, 0) is 42.4 Å². The van der Waals surface area contributed by atoms with Gasteiger partial charge in [0.1, 0.15) is 0 Å². The first-order chi connectivity index (χ1) is 11.9. The van der Waals surface area contributed by atoms with Crippen molar-refractivity contribution in [3.8, 4) is 11.4 Å². The Balaban J connectivity index is 1.69.